The first kappa shape index (κ1) is 19.7. The van der Waals surface area contributed by atoms with Crippen molar-refractivity contribution in [3.05, 3.63) is 42.1 Å². The molecular weight excluding hydrogens is 306 g/mol. The number of nitrogens with two attached hydrogens (primary N) is 2. The highest BCUT2D eigenvalue weighted by Gasteiger charge is 2.06. The third-order valence-electron chi connectivity index (χ3n) is 3.57. The summed E-state index contributed by atoms with van der Waals surface area (Å²) in [5, 5.41) is 8.60. The van der Waals surface area contributed by atoms with Crippen molar-refractivity contribution in [1.82, 2.24) is 4.98 Å². The largest absolute Gasteiger partial charge is 0.480 e. The highest BCUT2D eigenvalue weighted by atomic mass is 16.4. The zero-order valence-corrected chi connectivity index (χ0v) is 13.7. The Morgan fingerprint density at radius 1 is 1.25 bits per heavy atom. The average molecular weight is 331 g/mol. The smallest absolute Gasteiger partial charge is 0.317 e. The minimum absolute atomic E-state index is 0.278. The number of carbonyl (C=O) groups excluding carboxylic acids is 1. The molecule has 0 atom stereocenters. The summed E-state index contributed by atoms with van der Waals surface area (Å²) in [6.07, 6.45) is 9.05. The highest BCUT2D eigenvalue weighted by Crippen LogP contribution is 2.14. The zero-order valence-electron chi connectivity index (χ0n) is 13.7. The lowest BCUT2D eigenvalue weighted by Gasteiger charge is -2.15. The molecule has 0 unspecified atom stereocenters. The van der Waals surface area contributed by atoms with E-state index >= 15 is 0 Å². The summed E-state index contributed by atoms with van der Waals surface area (Å²) in [4.78, 5) is 23.8. The lowest BCUT2D eigenvalue weighted by molar-refractivity contribution is -0.135. The third-order valence-corrected chi connectivity index (χ3v) is 3.57. The normalized spacial score (nSPS) is 13.9. The van der Waals surface area contributed by atoms with Crippen LogP contribution in [0.25, 0.3) is 10.9 Å². The van der Waals surface area contributed by atoms with E-state index in [1.165, 1.54) is 32.1 Å². The van der Waals surface area contributed by atoms with Crippen LogP contribution in [0.15, 0.2) is 36.5 Å². The number of hydrogen-bond donors (Lipinski definition) is 3. The Morgan fingerprint density at radius 3 is 2.38 bits per heavy atom. The second kappa shape index (κ2) is 11.3. The second-order valence-corrected chi connectivity index (χ2v) is 5.58. The van der Waals surface area contributed by atoms with Gasteiger partial charge < -0.3 is 16.6 Å². The number of carboxylic acids is 1. The van der Waals surface area contributed by atoms with Crippen LogP contribution in [0.5, 0.6) is 0 Å². The van der Waals surface area contributed by atoms with Gasteiger partial charge >= 0.3 is 5.97 Å². The van der Waals surface area contributed by atoms with Crippen LogP contribution >= 0.6 is 0 Å². The molecule has 0 spiro atoms. The predicted octanol–water partition coefficient (Wildman–Crippen LogP) is 2.35. The lowest BCUT2D eigenvalue weighted by atomic mass is 9.97. The van der Waals surface area contributed by atoms with Crippen LogP contribution < -0.4 is 11.5 Å². The molecule has 130 valence electrons. The summed E-state index contributed by atoms with van der Waals surface area (Å²) >= 11 is 0. The van der Waals surface area contributed by atoms with Gasteiger partial charge in [-0.05, 0) is 25.0 Å². The first-order valence-electron chi connectivity index (χ1n) is 8.04. The molecule has 3 rings (SSSR count). The Bertz CT molecular complexity index is 640. The molecule has 0 aliphatic heterocycles. The molecule has 6 nitrogen and oxygen atoms in total. The van der Waals surface area contributed by atoms with E-state index in [0.29, 0.717) is 11.6 Å². The molecule has 1 aromatic heterocycles. The van der Waals surface area contributed by atoms with Crippen molar-refractivity contribution in [2.45, 2.75) is 38.1 Å². The number of hydrogen-bond acceptors (Lipinski definition) is 5. The van der Waals surface area contributed by atoms with Gasteiger partial charge in [0.2, 0.25) is 0 Å². The fourth-order valence-electron chi connectivity index (χ4n) is 2.29. The summed E-state index contributed by atoms with van der Waals surface area (Å²) in [6.45, 7) is -0.278. The number of pyridine rings is 1. The number of rotatable bonds is 2. The Balaban J connectivity index is 0.000000205. The summed E-state index contributed by atoms with van der Waals surface area (Å²) < 4.78 is 0. The molecule has 1 aliphatic carbocycles. The molecule has 5 N–H and O–H groups in total. The molecule has 0 bridgehead atoms. The van der Waals surface area contributed by atoms with Gasteiger partial charge in [0.05, 0.1) is 12.1 Å². The number of aliphatic carboxylic acids is 1. The molecule has 2 aromatic rings. The molecule has 1 heterocycles. The number of carboxylic acid groups (broad SMARTS) is 1. The molecule has 1 saturated carbocycles. The monoisotopic (exact) mass is 331 g/mol. The van der Waals surface area contributed by atoms with Gasteiger partial charge in [0.1, 0.15) is 0 Å². The van der Waals surface area contributed by atoms with Gasteiger partial charge in [0.15, 0.2) is 6.29 Å². The van der Waals surface area contributed by atoms with Crippen molar-refractivity contribution >= 4 is 23.2 Å². The summed E-state index contributed by atoms with van der Waals surface area (Å²) in [6, 6.07) is 10.1. The number of nitrogens with zero attached hydrogens (tertiary/aromatic N) is 1. The van der Waals surface area contributed by atoms with E-state index in [4.69, 9.17) is 10.8 Å². The van der Waals surface area contributed by atoms with Crippen molar-refractivity contribution in [1.29, 1.82) is 0 Å². The molecule has 1 fully saturated rings. The van der Waals surface area contributed by atoms with Crippen LogP contribution in [0.4, 0.5) is 0 Å². The maximum absolute atomic E-state index is 10.4. The second-order valence-electron chi connectivity index (χ2n) is 5.58. The van der Waals surface area contributed by atoms with E-state index in [2.05, 4.69) is 10.7 Å². The SMILES string of the molecule is NC1CCCCC1.NCC(=O)O.O=Cc1cnc2ccccc2c1. The summed E-state index contributed by atoms with van der Waals surface area (Å²) in [5.74, 6) is -0.968. The molecule has 6 heteroatoms. The first-order valence-corrected chi connectivity index (χ1v) is 8.04. The standard InChI is InChI=1S/C10H7NO.C6H13N.C2H5NO2/c12-7-8-5-9-3-1-2-4-10(9)11-6-8;7-6-4-2-1-3-5-6;3-1-2(4)5/h1-7H;6H,1-5,7H2;1,3H2,(H,4,5). The fourth-order valence-corrected chi connectivity index (χ4v) is 2.29. The predicted molar refractivity (Wildman–Crippen MR) is 94.9 cm³/mol. The molecular formula is C18H25N3O3. The molecule has 24 heavy (non-hydrogen) atoms. The van der Waals surface area contributed by atoms with Crippen LogP contribution in [0, 0.1) is 0 Å². The average Bonchev–Trinajstić information content (AvgIpc) is 2.63. The number of para-hydroxylation sites is 1. The van der Waals surface area contributed by atoms with E-state index in [1.807, 2.05) is 30.3 Å². The number of carbonyl (C=O) groups is 2. The lowest BCUT2D eigenvalue weighted by Crippen LogP contribution is -2.22. The van der Waals surface area contributed by atoms with Gasteiger partial charge in [-0.15, -0.1) is 0 Å². The van der Waals surface area contributed by atoms with Crippen LogP contribution in [-0.2, 0) is 4.79 Å². The van der Waals surface area contributed by atoms with Gasteiger partial charge in [0.25, 0.3) is 0 Å². The number of benzene rings is 1. The topological polar surface area (TPSA) is 119 Å². The zero-order chi connectivity index (χ0) is 17.8. The van der Waals surface area contributed by atoms with Crippen molar-refractivity contribution in [2.24, 2.45) is 11.5 Å². The Morgan fingerprint density at radius 2 is 1.88 bits per heavy atom. The maximum Gasteiger partial charge on any atom is 0.317 e. The molecule has 0 amide bonds. The quantitative estimate of drug-likeness (QED) is 0.727. The van der Waals surface area contributed by atoms with Crippen LogP contribution in [0.2, 0.25) is 0 Å². The highest BCUT2D eigenvalue weighted by molar-refractivity contribution is 5.85. The van der Waals surface area contributed by atoms with Crippen molar-refractivity contribution in [2.75, 3.05) is 6.54 Å². The number of aromatic nitrogens is 1. The fraction of sp³-hybridized carbons (Fsp3) is 0.389. The van der Waals surface area contributed by atoms with Crippen molar-refractivity contribution < 1.29 is 14.7 Å². The van der Waals surface area contributed by atoms with E-state index < -0.39 is 5.97 Å². The van der Waals surface area contributed by atoms with Crippen LogP contribution in [0.1, 0.15) is 42.5 Å². The number of aldehydes is 1. The van der Waals surface area contributed by atoms with E-state index in [9.17, 15) is 9.59 Å². The van der Waals surface area contributed by atoms with Gasteiger partial charge in [-0.1, -0.05) is 37.5 Å². The first-order chi connectivity index (χ1) is 11.6. The van der Waals surface area contributed by atoms with Crippen molar-refractivity contribution in [3.63, 3.8) is 0 Å². The van der Waals surface area contributed by atoms with E-state index in [1.54, 1.807) is 6.20 Å². The van der Waals surface area contributed by atoms with Gasteiger partial charge in [-0.2, -0.15) is 0 Å². The molecule has 1 aromatic carbocycles. The Kier molecular flexibility index (Phi) is 9.26. The molecule has 0 radical (unpaired) electrons. The molecule has 1 aliphatic rings. The molecule has 0 saturated heterocycles. The van der Waals surface area contributed by atoms with Gasteiger partial charge in [-0.25, -0.2) is 0 Å². The van der Waals surface area contributed by atoms with Crippen LogP contribution in [-0.4, -0.2) is 34.9 Å². The van der Waals surface area contributed by atoms with Gasteiger partial charge in [0, 0.05) is 23.2 Å². The minimum Gasteiger partial charge on any atom is -0.480 e. The Hall–Kier alpha value is -2.31. The van der Waals surface area contributed by atoms with E-state index in [0.717, 1.165) is 17.2 Å². The minimum atomic E-state index is -0.968. The summed E-state index contributed by atoms with van der Waals surface area (Å²) in [5.41, 5.74) is 11.7. The van der Waals surface area contributed by atoms with Crippen LogP contribution in [0.3, 0.4) is 0 Å². The third kappa shape index (κ3) is 7.80. The van der Waals surface area contributed by atoms with E-state index in [-0.39, 0.29) is 6.54 Å². The Labute approximate surface area is 141 Å². The van der Waals surface area contributed by atoms with Crippen molar-refractivity contribution in [3.8, 4) is 0 Å². The van der Waals surface area contributed by atoms with Gasteiger partial charge in [-0.3, -0.25) is 14.6 Å². The number of fused-ring (bicyclic) bond motifs is 1. The maximum atomic E-state index is 10.4. The summed E-state index contributed by atoms with van der Waals surface area (Å²) in [7, 11) is 0.